The topological polar surface area (TPSA) is 63.9 Å². The van der Waals surface area contributed by atoms with Gasteiger partial charge in [-0.15, -0.1) is 21.5 Å². The number of benzene rings is 2. The minimum absolute atomic E-state index is 0.0678. The smallest absolute Gasteiger partial charge is 0.233 e. The maximum atomic E-state index is 13.3. The lowest BCUT2D eigenvalue weighted by Crippen LogP contribution is -2.39. The van der Waals surface area contributed by atoms with Gasteiger partial charge in [-0.3, -0.25) is 4.79 Å². The summed E-state index contributed by atoms with van der Waals surface area (Å²) in [4.78, 5) is 20.1. The molecule has 0 N–H and O–H groups in total. The highest BCUT2D eigenvalue weighted by molar-refractivity contribution is 7.99. The number of rotatable bonds is 6. The first kappa shape index (κ1) is 21.2. The van der Waals surface area contributed by atoms with Crippen molar-refractivity contribution in [1.29, 1.82) is 0 Å². The minimum atomic E-state index is 0.0678. The van der Waals surface area contributed by atoms with Gasteiger partial charge in [0.05, 0.1) is 28.6 Å². The van der Waals surface area contributed by atoms with Crippen molar-refractivity contribution in [2.24, 2.45) is 0 Å². The SMILES string of the molecule is Cc1nnc(SCC(=O)N2CCCC[C@@H]2c2nc3ccccc3s2)n1Cc1ccccc1. The molecule has 1 amide bonds. The fourth-order valence-electron chi connectivity index (χ4n) is 4.14. The van der Waals surface area contributed by atoms with Crippen LogP contribution in [0.2, 0.25) is 0 Å². The number of likely N-dealkylation sites (tertiary alicyclic amines) is 1. The number of aromatic nitrogens is 4. The lowest BCUT2D eigenvalue weighted by Gasteiger charge is -2.34. The maximum Gasteiger partial charge on any atom is 0.233 e. The zero-order chi connectivity index (χ0) is 21.9. The van der Waals surface area contributed by atoms with Gasteiger partial charge in [0.15, 0.2) is 5.16 Å². The summed E-state index contributed by atoms with van der Waals surface area (Å²) in [7, 11) is 0. The van der Waals surface area contributed by atoms with Gasteiger partial charge in [0.2, 0.25) is 5.91 Å². The Morgan fingerprint density at radius 1 is 1.09 bits per heavy atom. The summed E-state index contributed by atoms with van der Waals surface area (Å²) in [6, 6.07) is 18.5. The van der Waals surface area contributed by atoms with Crippen molar-refractivity contribution in [3.63, 3.8) is 0 Å². The highest BCUT2D eigenvalue weighted by Gasteiger charge is 2.30. The molecule has 1 atom stereocenters. The second kappa shape index (κ2) is 9.42. The number of aryl methyl sites for hydroxylation is 1. The summed E-state index contributed by atoms with van der Waals surface area (Å²) in [5, 5.41) is 10.4. The molecule has 0 aliphatic carbocycles. The summed E-state index contributed by atoms with van der Waals surface area (Å²) in [5.74, 6) is 1.36. The highest BCUT2D eigenvalue weighted by Crippen LogP contribution is 2.36. The third-order valence-corrected chi connectivity index (χ3v) is 7.92. The quantitative estimate of drug-likeness (QED) is 0.373. The number of thiazole rings is 1. The number of para-hydroxylation sites is 1. The predicted molar refractivity (Wildman–Crippen MR) is 129 cm³/mol. The van der Waals surface area contributed by atoms with E-state index in [1.807, 2.05) is 48.2 Å². The predicted octanol–water partition coefficient (Wildman–Crippen LogP) is 5.09. The number of fused-ring (bicyclic) bond motifs is 1. The molecule has 0 saturated carbocycles. The summed E-state index contributed by atoms with van der Waals surface area (Å²) in [6.45, 7) is 3.44. The van der Waals surface area contributed by atoms with Crippen LogP contribution in [0.3, 0.4) is 0 Å². The average Bonchev–Trinajstić information content (AvgIpc) is 3.42. The van der Waals surface area contributed by atoms with E-state index in [1.54, 1.807) is 11.3 Å². The van der Waals surface area contributed by atoms with Gasteiger partial charge in [0, 0.05) is 6.54 Å². The number of hydrogen-bond acceptors (Lipinski definition) is 6. The Labute approximate surface area is 195 Å². The molecule has 2 aromatic carbocycles. The second-order valence-corrected chi connectivity index (χ2v) is 10.0. The Bertz CT molecular complexity index is 1190. The van der Waals surface area contributed by atoms with Crippen LogP contribution in [0.1, 0.15) is 41.7 Å². The van der Waals surface area contributed by atoms with E-state index in [0.717, 1.165) is 47.3 Å². The van der Waals surface area contributed by atoms with Gasteiger partial charge in [-0.1, -0.05) is 54.2 Å². The summed E-state index contributed by atoms with van der Waals surface area (Å²) < 4.78 is 3.26. The number of nitrogens with zero attached hydrogens (tertiary/aromatic N) is 5. The lowest BCUT2D eigenvalue weighted by atomic mass is 10.0. The third kappa shape index (κ3) is 4.42. The third-order valence-electron chi connectivity index (χ3n) is 5.83. The number of amides is 1. The summed E-state index contributed by atoms with van der Waals surface area (Å²) in [6.07, 6.45) is 3.14. The van der Waals surface area contributed by atoms with Crippen LogP contribution >= 0.6 is 23.1 Å². The number of carbonyl (C=O) groups is 1. The molecule has 8 heteroatoms. The van der Waals surface area contributed by atoms with Crippen molar-refractivity contribution in [1.82, 2.24) is 24.6 Å². The highest BCUT2D eigenvalue weighted by atomic mass is 32.2. The number of piperidine rings is 1. The van der Waals surface area contributed by atoms with Gasteiger partial charge in [-0.05, 0) is 43.9 Å². The van der Waals surface area contributed by atoms with Crippen molar-refractivity contribution in [2.45, 2.75) is 43.9 Å². The van der Waals surface area contributed by atoms with Crippen molar-refractivity contribution < 1.29 is 4.79 Å². The van der Waals surface area contributed by atoms with Crippen molar-refractivity contribution in [3.05, 3.63) is 71.0 Å². The molecular weight excluding hydrogens is 438 g/mol. The number of hydrogen-bond donors (Lipinski definition) is 0. The van der Waals surface area contributed by atoms with E-state index in [-0.39, 0.29) is 11.9 Å². The Kier molecular flexibility index (Phi) is 6.23. The van der Waals surface area contributed by atoms with Crippen LogP contribution in [-0.4, -0.2) is 42.9 Å². The molecule has 0 unspecified atom stereocenters. The normalized spacial score (nSPS) is 16.5. The molecule has 1 saturated heterocycles. The molecular formula is C24H25N5OS2. The number of thioether (sulfide) groups is 1. The minimum Gasteiger partial charge on any atom is -0.332 e. The summed E-state index contributed by atoms with van der Waals surface area (Å²) >= 11 is 3.18. The van der Waals surface area contributed by atoms with Crippen LogP contribution in [0.5, 0.6) is 0 Å². The van der Waals surface area contributed by atoms with E-state index in [0.29, 0.717) is 12.3 Å². The van der Waals surface area contributed by atoms with Gasteiger partial charge < -0.3 is 9.47 Å². The monoisotopic (exact) mass is 463 g/mol. The molecule has 3 heterocycles. The van der Waals surface area contributed by atoms with Gasteiger partial charge in [0.1, 0.15) is 10.8 Å². The molecule has 0 bridgehead atoms. The van der Waals surface area contributed by atoms with Crippen LogP contribution in [0.15, 0.2) is 59.8 Å². The van der Waals surface area contributed by atoms with E-state index in [1.165, 1.54) is 22.0 Å². The zero-order valence-electron chi connectivity index (χ0n) is 18.0. The van der Waals surface area contributed by atoms with Crippen LogP contribution in [0.25, 0.3) is 10.2 Å². The van der Waals surface area contributed by atoms with Gasteiger partial charge in [-0.25, -0.2) is 4.98 Å². The van der Waals surface area contributed by atoms with Crippen LogP contribution in [0, 0.1) is 6.92 Å². The van der Waals surface area contributed by atoms with Gasteiger partial charge in [0.25, 0.3) is 0 Å². The second-order valence-electron chi connectivity index (χ2n) is 8.01. The molecule has 0 spiro atoms. The van der Waals surface area contributed by atoms with E-state index in [2.05, 4.69) is 33.0 Å². The molecule has 5 rings (SSSR count). The first-order chi connectivity index (χ1) is 15.7. The molecule has 4 aromatic rings. The summed E-state index contributed by atoms with van der Waals surface area (Å²) in [5.41, 5.74) is 2.21. The van der Waals surface area contributed by atoms with E-state index >= 15 is 0 Å². The maximum absolute atomic E-state index is 13.3. The van der Waals surface area contributed by atoms with E-state index in [4.69, 9.17) is 4.98 Å². The first-order valence-electron chi connectivity index (χ1n) is 10.9. The van der Waals surface area contributed by atoms with E-state index in [9.17, 15) is 4.79 Å². The fraction of sp³-hybridized carbons (Fsp3) is 0.333. The first-order valence-corrected chi connectivity index (χ1v) is 12.7. The molecule has 164 valence electrons. The van der Waals surface area contributed by atoms with Crippen LogP contribution < -0.4 is 0 Å². The van der Waals surface area contributed by atoms with Crippen molar-refractivity contribution in [2.75, 3.05) is 12.3 Å². The Hall–Kier alpha value is -2.71. The zero-order valence-corrected chi connectivity index (χ0v) is 19.6. The van der Waals surface area contributed by atoms with Crippen LogP contribution in [-0.2, 0) is 11.3 Å². The molecule has 1 aliphatic rings. The Morgan fingerprint density at radius 3 is 2.75 bits per heavy atom. The fourth-order valence-corrected chi connectivity index (χ4v) is 6.13. The molecule has 32 heavy (non-hydrogen) atoms. The largest absolute Gasteiger partial charge is 0.332 e. The number of carbonyl (C=O) groups excluding carboxylic acids is 1. The molecule has 2 aromatic heterocycles. The molecule has 0 radical (unpaired) electrons. The standard InChI is InChI=1S/C24H25N5OS2/c1-17-26-27-24(29(17)15-18-9-3-2-4-10-18)31-16-22(30)28-14-8-7-12-20(28)23-25-19-11-5-6-13-21(19)32-23/h2-6,9-11,13,20H,7-8,12,14-16H2,1H3/t20-/m1/s1. The molecule has 1 aliphatic heterocycles. The lowest BCUT2D eigenvalue weighted by molar-refractivity contribution is -0.132. The van der Waals surface area contributed by atoms with Crippen molar-refractivity contribution in [3.8, 4) is 0 Å². The van der Waals surface area contributed by atoms with Crippen molar-refractivity contribution >= 4 is 39.2 Å². The molecule has 6 nitrogen and oxygen atoms in total. The van der Waals surface area contributed by atoms with Gasteiger partial charge >= 0.3 is 0 Å². The van der Waals surface area contributed by atoms with E-state index < -0.39 is 0 Å². The van der Waals surface area contributed by atoms with Crippen LogP contribution in [0.4, 0.5) is 0 Å². The Balaban J connectivity index is 1.30. The van der Waals surface area contributed by atoms with Gasteiger partial charge in [-0.2, -0.15) is 0 Å². The Morgan fingerprint density at radius 2 is 1.91 bits per heavy atom. The average molecular weight is 464 g/mol. The molecule has 1 fully saturated rings.